The standard InChI is InChI=1S/C26H30S2/c1-13-15-9-20-16(14(2)18-12-22(26(6,7)8)28-24(18)20)10-19(15)23-17(13)11-21(27-23)25(3,4)5/h9-14H,1-8H3. The van der Waals surface area contributed by atoms with E-state index in [0.717, 1.165) is 0 Å². The number of fused-ring (bicyclic) bond motifs is 6. The largest absolute Gasteiger partial charge is 0.139 e. The summed E-state index contributed by atoms with van der Waals surface area (Å²) in [5.74, 6) is 1.01. The topological polar surface area (TPSA) is 0 Å². The van der Waals surface area contributed by atoms with Crippen LogP contribution in [0, 0.1) is 0 Å². The summed E-state index contributed by atoms with van der Waals surface area (Å²) in [5, 5.41) is 0. The maximum atomic E-state index is 2.53. The van der Waals surface area contributed by atoms with Gasteiger partial charge in [-0.15, -0.1) is 22.7 Å². The molecule has 2 aromatic heterocycles. The highest BCUT2D eigenvalue weighted by molar-refractivity contribution is 7.16. The molecule has 0 N–H and O–H groups in total. The first-order chi connectivity index (χ1) is 13.0. The van der Waals surface area contributed by atoms with Gasteiger partial charge < -0.3 is 0 Å². The molecule has 5 rings (SSSR count). The molecule has 0 fully saturated rings. The van der Waals surface area contributed by atoms with Gasteiger partial charge in [-0.2, -0.15) is 0 Å². The summed E-state index contributed by atoms with van der Waals surface area (Å²) in [7, 11) is 0. The Kier molecular flexibility index (Phi) is 3.73. The molecule has 3 aromatic rings. The van der Waals surface area contributed by atoms with Crippen LogP contribution in [-0.2, 0) is 10.8 Å². The van der Waals surface area contributed by atoms with Crippen LogP contribution >= 0.6 is 22.7 Å². The average molecular weight is 407 g/mol. The first-order valence-corrected chi connectivity index (χ1v) is 12.1. The Morgan fingerprint density at radius 3 is 1.25 bits per heavy atom. The minimum Gasteiger partial charge on any atom is -0.139 e. The van der Waals surface area contributed by atoms with Gasteiger partial charge in [-0.3, -0.25) is 0 Å². The van der Waals surface area contributed by atoms with Crippen molar-refractivity contribution in [2.45, 2.75) is 78.1 Å². The van der Waals surface area contributed by atoms with Crippen molar-refractivity contribution in [1.82, 2.24) is 0 Å². The smallest absolute Gasteiger partial charge is 0.0387 e. The molecule has 0 radical (unpaired) electrons. The fraction of sp³-hybridized carbons (Fsp3) is 0.462. The van der Waals surface area contributed by atoms with Gasteiger partial charge in [-0.25, -0.2) is 0 Å². The Morgan fingerprint density at radius 2 is 0.929 bits per heavy atom. The summed E-state index contributed by atoms with van der Waals surface area (Å²) in [6.45, 7) is 18.8. The highest BCUT2D eigenvalue weighted by Gasteiger charge is 2.36. The van der Waals surface area contributed by atoms with Crippen molar-refractivity contribution in [3.05, 3.63) is 56.3 Å². The minimum atomic E-state index is 0.229. The van der Waals surface area contributed by atoms with Crippen LogP contribution in [0.25, 0.3) is 20.9 Å². The van der Waals surface area contributed by atoms with Crippen molar-refractivity contribution in [1.29, 1.82) is 0 Å². The summed E-state index contributed by atoms with van der Waals surface area (Å²) in [4.78, 5) is 6.07. The molecule has 0 saturated heterocycles. The van der Waals surface area contributed by atoms with Gasteiger partial charge in [0.1, 0.15) is 0 Å². The zero-order valence-electron chi connectivity index (χ0n) is 18.3. The van der Waals surface area contributed by atoms with Crippen LogP contribution in [0.2, 0.25) is 0 Å². The van der Waals surface area contributed by atoms with Gasteiger partial charge in [-0.1, -0.05) is 55.4 Å². The highest BCUT2D eigenvalue weighted by Crippen LogP contribution is 2.57. The van der Waals surface area contributed by atoms with E-state index in [4.69, 9.17) is 0 Å². The normalized spacial score (nSPS) is 20.1. The number of hydrogen-bond donors (Lipinski definition) is 0. The maximum Gasteiger partial charge on any atom is 0.0387 e. The molecule has 0 bridgehead atoms. The number of rotatable bonds is 0. The third kappa shape index (κ3) is 2.47. The van der Waals surface area contributed by atoms with Crippen molar-refractivity contribution >= 4 is 22.7 Å². The minimum absolute atomic E-state index is 0.229. The maximum absolute atomic E-state index is 2.53. The molecule has 0 saturated carbocycles. The van der Waals surface area contributed by atoms with Crippen molar-refractivity contribution < 1.29 is 0 Å². The van der Waals surface area contributed by atoms with E-state index in [1.54, 1.807) is 11.1 Å². The molecule has 146 valence electrons. The molecule has 28 heavy (non-hydrogen) atoms. The third-order valence-corrected chi connectivity index (χ3v) is 9.80. The predicted octanol–water partition coefficient (Wildman–Crippen LogP) is 8.67. The first-order valence-electron chi connectivity index (χ1n) is 10.4. The van der Waals surface area contributed by atoms with E-state index >= 15 is 0 Å². The quantitative estimate of drug-likeness (QED) is 0.350. The second-order valence-electron chi connectivity index (χ2n) is 10.8. The molecule has 0 spiro atoms. The molecule has 0 nitrogen and oxygen atoms in total. The van der Waals surface area contributed by atoms with Crippen molar-refractivity contribution in [2.24, 2.45) is 0 Å². The first kappa shape index (κ1) is 18.6. The molecule has 0 aliphatic heterocycles. The molecular weight excluding hydrogens is 376 g/mol. The van der Waals surface area contributed by atoms with Crippen LogP contribution in [-0.4, -0.2) is 0 Å². The van der Waals surface area contributed by atoms with E-state index in [9.17, 15) is 0 Å². The van der Waals surface area contributed by atoms with E-state index in [1.165, 1.54) is 41.8 Å². The van der Waals surface area contributed by atoms with E-state index in [2.05, 4.69) is 79.7 Å². The monoisotopic (exact) mass is 406 g/mol. The van der Waals surface area contributed by atoms with Crippen LogP contribution in [0.1, 0.15) is 99.2 Å². The molecule has 2 aliphatic rings. The zero-order valence-corrected chi connectivity index (χ0v) is 19.9. The lowest BCUT2D eigenvalue weighted by atomic mass is 9.91. The lowest BCUT2D eigenvalue weighted by molar-refractivity contribution is 0.603. The molecule has 2 heterocycles. The molecular formula is C26H30S2. The fourth-order valence-electron chi connectivity index (χ4n) is 4.69. The number of benzene rings is 1. The molecule has 0 amide bonds. The molecule has 2 aliphatic carbocycles. The van der Waals surface area contributed by atoms with E-state index in [0.29, 0.717) is 11.8 Å². The van der Waals surface area contributed by atoms with Gasteiger partial charge in [0.15, 0.2) is 0 Å². The highest BCUT2D eigenvalue weighted by atomic mass is 32.1. The second-order valence-corrected chi connectivity index (χ2v) is 12.9. The zero-order chi connectivity index (χ0) is 20.2. The van der Waals surface area contributed by atoms with Gasteiger partial charge in [-0.05, 0) is 68.5 Å². The van der Waals surface area contributed by atoms with E-state index in [-0.39, 0.29) is 10.8 Å². The van der Waals surface area contributed by atoms with Crippen molar-refractivity contribution in [3.8, 4) is 20.9 Å². The van der Waals surface area contributed by atoms with Gasteiger partial charge in [0.2, 0.25) is 0 Å². The Morgan fingerprint density at radius 1 is 0.571 bits per heavy atom. The van der Waals surface area contributed by atoms with Gasteiger partial charge in [0, 0.05) is 31.3 Å². The van der Waals surface area contributed by atoms with Crippen LogP contribution in [0.5, 0.6) is 0 Å². The second kappa shape index (κ2) is 5.61. The van der Waals surface area contributed by atoms with Crippen molar-refractivity contribution in [3.63, 3.8) is 0 Å². The Balaban J connectivity index is 1.67. The summed E-state index contributed by atoms with van der Waals surface area (Å²) in [5.41, 5.74) is 9.61. The summed E-state index contributed by atoms with van der Waals surface area (Å²) in [6, 6.07) is 10.0. The van der Waals surface area contributed by atoms with E-state index < -0.39 is 0 Å². The predicted molar refractivity (Wildman–Crippen MR) is 126 cm³/mol. The Bertz CT molecular complexity index is 1020. The average Bonchev–Trinajstić information content (AvgIpc) is 3.30. The number of hydrogen-bond acceptors (Lipinski definition) is 2. The van der Waals surface area contributed by atoms with Gasteiger partial charge >= 0.3 is 0 Å². The van der Waals surface area contributed by atoms with Crippen molar-refractivity contribution in [2.75, 3.05) is 0 Å². The molecule has 2 atom stereocenters. The summed E-state index contributed by atoms with van der Waals surface area (Å²) >= 11 is 4.03. The summed E-state index contributed by atoms with van der Waals surface area (Å²) < 4.78 is 0. The number of thiophene rings is 2. The Hall–Kier alpha value is -1.38. The molecule has 2 heteroatoms. The van der Waals surface area contributed by atoms with Crippen LogP contribution in [0.3, 0.4) is 0 Å². The lowest BCUT2D eigenvalue weighted by Gasteiger charge is -2.18. The van der Waals surface area contributed by atoms with Crippen LogP contribution < -0.4 is 0 Å². The SMILES string of the molecule is CC1c2cc3c(cc2-c2sc(C(C)(C)C)cc21)C(C)c1cc(C(C)(C)C)sc1-3. The van der Waals surface area contributed by atoms with Crippen LogP contribution in [0.4, 0.5) is 0 Å². The fourth-order valence-corrected chi connectivity index (χ4v) is 7.40. The molecule has 1 aromatic carbocycles. The third-order valence-electron chi connectivity index (χ3n) is 6.58. The molecule has 2 unspecified atom stereocenters. The Labute approximate surface area is 177 Å². The van der Waals surface area contributed by atoms with Crippen LogP contribution in [0.15, 0.2) is 24.3 Å². The van der Waals surface area contributed by atoms with Gasteiger partial charge in [0.05, 0.1) is 0 Å². The van der Waals surface area contributed by atoms with Gasteiger partial charge in [0.25, 0.3) is 0 Å². The van der Waals surface area contributed by atoms with E-state index in [1.807, 2.05) is 22.7 Å². The lowest BCUT2D eigenvalue weighted by Crippen LogP contribution is -2.08. The summed E-state index contributed by atoms with van der Waals surface area (Å²) in [6.07, 6.45) is 0.